The molecule has 1 aromatic carbocycles. The molecule has 6 heteroatoms. The summed E-state index contributed by atoms with van der Waals surface area (Å²) in [5, 5.41) is 38.2. The van der Waals surface area contributed by atoms with Crippen LogP contribution < -0.4 is 0 Å². The second kappa shape index (κ2) is 6.01. The molecule has 1 fully saturated rings. The van der Waals surface area contributed by atoms with Crippen molar-refractivity contribution < 1.29 is 25.2 Å². The predicted octanol–water partition coefficient (Wildman–Crippen LogP) is -0.421. The predicted molar refractivity (Wildman–Crippen MR) is 66.1 cm³/mol. The summed E-state index contributed by atoms with van der Waals surface area (Å²) < 4.78 is 5.39. The lowest BCUT2D eigenvalue weighted by Gasteiger charge is -2.39. The van der Waals surface area contributed by atoms with E-state index in [1.165, 1.54) is 11.8 Å². The minimum atomic E-state index is -1.32. The molecule has 2 rings (SSSR count). The molecule has 5 nitrogen and oxygen atoms in total. The van der Waals surface area contributed by atoms with Gasteiger partial charge in [0.2, 0.25) is 0 Å². The van der Waals surface area contributed by atoms with Crippen molar-refractivity contribution in [2.24, 2.45) is 0 Å². The van der Waals surface area contributed by atoms with Crippen LogP contribution in [0.2, 0.25) is 0 Å². The maximum absolute atomic E-state index is 9.85. The van der Waals surface area contributed by atoms with Crippen molar-refractivity contribution in [1.82, 2.24) is 0 Å². The molecule has 5 atom stereocenters. The molecule has 1 heterocycles. The van der Waals surface area contributed by atoms with E-state index < -0.39 is 36.5 Å². The Hall–Kier alpha value is -0.630. The first kappa shape index (κ1) is 13.8. The van der Waals surface area contributed by atoms with Gasteiger partial charge in [-0.05, 0) is 12.1 Å². The van der Waals surface area contributed by atoms with Gasteiger partial charge in [-0.2, -0.15) is 0 Å². The summed E-state index contributed by atoms with van der Waals surface area (Å²) in [6.45, 7) is -0.406. The average molecular weight is 272 g/mol. The lowest BCUT2D eigenvalue weighted by Crippen LogP contribution is -2.57. The summed E-state index contributed by atoms with van der Waals surface area (Å²) in [6.07, 6.45) is -4.69. The Morgan fingerprint density at radius 3 is 2.28 bits per heavy atom. The molecule has 0 aromatic heterocycles. The van der Waals surface area contributed by atoms with Gasteiger partial charge in [0.05, 0.1) is 6.61 Å². The van der Waals surface area contributed by atoms with Crippen LogP contribution in [-0.4, -0.2) is 56.9 Å². The van der Waals surface area contributed by atoms with Gasteiger partial charge in [-0.15, -0.1) is 0 Å². The van der Waals surface area contributed by atoms with Crippen molar-refractivity contribution >= 4 is 11.8 Å². The van der Waals surface area contributed by atoms with E-state index in [4.69, 9.17) is 9.84 Å². The molecule has 100 valence electrons. The minimum absolute atomic E-state index is 0.406. The van der Waals surface area contributed by atoms with Gasteiger partial charge < -0.3 is 25.2 Å². The second-order valence-corrected chi connectivity index (χ2v) is 5.30. The van der Waals surface area contributed by atoms with E-state index in [-0.39, 0.29) is 0 Å². The summed E-state index contributed by atoms with van der Waals surface area (Å²) in [6, 6.07) is 9.29. The number of rotatable bonds is 3. The second-order valence-electron chi connectivity index (χ2n) is 4.13. The minimum Gasteiger partial charge on any atom is -0.394 e. The first-order valence-electron chi connectivity index (χ1n) is 5.65. The van der Waals surface area contributed by atoms with Crippen molar-refractivity contribution in [3.8, 4) is 0 Å². The molecule has 0 bridgehead atoms. The van der Waals surface area contributed by atoms with Crippen molar-refractivity contribution in [3.05, 3.63) is 30.3 Å². The first-order valence-corrected chi connectivity index (χ1v) is 6.53. The van der Waals surface area contributed by atoms with Crippen LogP contribution in [0.5, 0.6) is 0 Å². The van der Waals surface area contributed by atoms with Gasteiger partial charge in [0.25, 0.3) is 0 Å². The van der Waals surface area contributed by atoms with Gasteiger partial charge in [0, 0.05) is 4.90 Å². The highest BCUT2D eigenvalue weighted by atomic mass is 32.2. The number of hydrogen-bond acceptors (Lipinski definition) is 6. The summed E-state index contributed by atoms with van der Waals surface area (Å²) in [4.78, 5) is 0.877. The normalized spacial score (nSPS) is 36.6. The Labute approximate surface area is 109 Å². The van der Waals surface area contributed by atoms with E-state index in [0.717, 1.165) is 4.90 Å². The molecule has 1 aliphatic rings. The summed E-state index contributed by atoms with van der Waals surface area (Å²) in [5.41, 5.74) is -0.719. The number of thioether (sulfide) groups is 1. The Morgan fingerprint density at radius 2 is 1.67 bits per heavy atom. The highest BCUT2D eigenvalue weighted by molar-refractivity contribution is 7.99. The number of aliphatic hydroxyl groups is 4. The highest BCUT2D eigenvalue weighted by Gasteiger charge is 2.43. The number of hydrogen-bond donors (Lipinski definition) is 4. The molecule has 0 unspecified atom stereocenters. The molecule has 1 aliphatic heterocycles. The highest BCUT2D eigenvalue weighted by Crippen LogP contribution is 2.32. The van der Waals surface area contributed by atoms with Crippen LogP contribution in [-0.2, 0) is 4.74 Å². The zero-order valence-electron chi connectivity index (χ0n) is 9.59. The smallest absolute Gasteiger partial charge is 0.136 e. The van der Waals surface area contributed by atoms with Crippen LogP contribution in [0.1, 0.15) is 0 Å². The summed E-state index contributed by atoms with van der Waals surface area (Å²) in [5.74, 6) is 0. The Morgan fingerprint density at radius 1 is 1.00 bits per heavy atom. The number of ether oxygens (including phenoxy) is 1. The number of benzene rings is 1. The zero-order valence-corrected chi connectivity index (χ0v) is 10.4. The molecular formula is C12H16O5S. The molecule has 1 aromatic rings. The SMILES string of the molecule is OC[C@H]1O[C@@H](Sc2ccccc2)[C@H](O)[C@@H](O)[C@H]1O. The zero-order chi connectivity index (χ0) is 13.1. The molecule has 0 amide bonds. The molecule has 0 radical (unpaired) electrons. The topological polar surface area (TPSA) is 90.2 Å². The molecule has 0 spiro atoms. The Bertz CT molecular complexity index is 372. The lowest BCUT2D eigenvalue weighted by molar-refractivity contribution is -0.205. The average Bonchev–Trinajstić information content (AvgIpc) is 2.40. The maximum Gasteiger partial charge on any atom is 0.136 e. The summed E-state index contributed by atoms with van der Waals surface area (Å²) in [7, 11) is 0. The van der Waals surface area contributed by atoms with E-state index in [9.17, 15) is 15.3 Å². The number of aliphatic hydroxyl groups excluding tert-OH is 4. The van der Waals surface area contributed by atoms with Gasteiger partial charge >= 0.3 is 0 Å². The molecule has 0 aliphatic carbocycles. The Balaban J connectivity index is 2.08. The van der Waals surface area contributed by atoms with Gasteiger partial charge in [-0.25, -0.2) is 0 Å². The van der Waals surface area contributed by atoms with E-state index in [0.29, 0.717) is 0 Å². The first-order chi connectivity index (χ1) is 8.63. The lowest BCUT2D eigenvalue weighted by atomic mass is 10.0. The third kappa shape index (κ3) is 2.85. The molecule has 0 saturated carbocycles. The summed E-state index contributed by atoms with van der Waals surface area (Å²) >= 11 is 1.24. The third-order valence-electron chi connectivity index (χ3n) is 2.84. The van der Waals surface area contributed by atoms with Gasteiger partial charge in [0.15, 0.2) is 0 Å². The van der Waals surface area contributed by atoms with Crippen LogP contribution in [0.15, 0.2) is 35.2 Å². The molecular weight excluding hydrogens is 256 g/mol. The fourth-order valence-corrected chi connectivity index (χ4v) is 2.88. The van der Waals surface area contributed by atoms with Gasteiger partial charge in [0.1, 0.15) is 29.9 Å². The van der Waals surface area contributed by atoms with E-state index >= 15 is 0 Å². The van der Waals surface area contributed by atoms with Crippen molar-refractivity contribution in [1.29, 1.82) is 0 Å². The van der Waals surface area contributed by atoms with Crippen LogP contribution in [0.25, 0.3) is 0 Å². The maximum atomic E-state index is 9.85. The molecule has 18 heavy (non-hydrogen) atoms. The largest absolute Gasteiger partial charge is 0.394 e. The van der Waals surface area contributed by atoms with Gasteiger partial charge in [-0.1, -0.05) is 30.0 Å². The fraction of sp³-hybridized carbons (Fsp3) is 0.500. The van der Waals surface area contributed by atoms with Crippen LogP contribution in [0.3, 0.4) is 0 Å². The van der Waals surface area contributed by atoms with Gasteiger partial charge in [-0.3, -0.25) is 0 Å². The molecule has 1 saturated heterocycles. The van der Waals surface area contributed by atoms with Crippen molar-refractivity contribution in [2.45, 2.75) is 34.7 Å². The van der Waals surface area contributed by atoms with Crippen molar-refractivity contribution in [3.63, 3.8) is 0 Å². The van der Waals surface area contributed by atoms with Crippen LogP contribution >= 0.6 is 11.8 Å². The quantitative estimate of drug-likeness (QED) is 0.597. The standard InChI is InChI=1S/C12H16O5S/c13-6-8-9(14)10(15)11(16)12(17-8)18-7-4-2-1-3-5-7/h1-5,8-16H,6H2/t8-,9+,10+,11-,12+/m1/s1. The van der Waals surface area contributed by atoms with E-state index in [2.05, 4.69) is 0 Å². The van der Waals surface area contributed by atoms with Crippen LogP contribution in [0.4, 0.5) is 0 Å². The van der Waals surface area contributed by atoms with E-state index in [1.54, 1.807) is 0 Å². The van der Waals surface area contributed by atoms with Crippen LogP contribution in [0, 0.1) is 0 Å². The fourth-order valence-electron chi connectivity index (χ4n) is 1.80. The third-order valence-corrected chi connectivity index (χ3v) is 4.01. The molecule has 4 N–H and O–H groups in total. The Kier molecular flexibility index (Phi) is 4.60. The van der Waals surface area contributed by atoms with E-state index in [1.807, 2.05) is 30.3 Å². The monoisotopic (exact) mass is 272 g/mol. The van der Waals surface area contributed by atoms with Crippen molar-refractivity contribution in [2.75, 3.05) is 6.61 Å².